The molecule has 3 aromatic rings. The number of benzene rings is 2. The van der Waals surface area contributed by atoms with Crippen molar-refractivity contribution in [2.45, 2.75) is 20.0 Å². The van der Waals surface area contributed by atoms with Crippen LogP contribution < -0.4 is 10.1 Å². The van der Waals surface area contributed by atoms with Crippen molar-refractivity contribution in [3.63, 3.8) is 0 Å². The molecule has 0 radical (unpaired) electrons. The van der Waals surface area contributed by atoms with Crippen LogP contribution in [0.3, 0.4) is 0 Å². The van der Waals surface area contributed by atoms with E-state index in [0.29, 0.717) is 12.3 Å². The Kier molecular flexibility index (Phi) is 4.13. The smallest absolute Gasteiger partial charge is 0.228 e. The minimum atomic E-state index is -0.297. The van der Waals surface area contributed by atoms with E-state index in [0.717, 1.165) is 33.6 Å². The van der Waals surface area contributed by atoms with Crippen LogP contribution in [0.4, 0.5) is 10.1 Å². The standard InChI is InChI=1S/C21H17FN2O2/c1-13-8-16(22)3-2-14(13)9-21(25)24-17-4-5-19-18-6-7-23-11-15(18)12-26-20(19)10-17/h2-8,10-11H,9,12H2,1H3,(H,24,25). The minimum Gasteiger partial charge on any atom is -0.488 e. The highest BCUT2D eigenvalue weighted by Gasteiger charge is 2.18. The summed E-state index contributed by atoms with van der Waals surface area (Å²) in [6.45, 7) is 2.26. The predicted molar refractivity (Wildman–Crippen MR) is 97.5 cm³/mol. The Morgan fingerprint density at radius 1 is 1.19 bits per heavy atom. The van der Waals surface area contributed by atoms with Gasteiger partial charge in [0, 0.05) is 35.3 Å². The number of anilines is 1. The molecule has 4 nitrogen and oxygen atoms in total. The molecule has 0 spiro atoms. The van der Waals surface area contributed by atoms with Gasteiger partial charge in [-0.3, -0.25) is 9.78 Å². The Morgan fingerprint density at radius 3 is 2.92 bits per heavy atom. The first-order valence-corrected chi connectivity index (χ1v) is 8.35. The number of hydrogen-bond acceptors (Lipinski definition) is 3. The first-order chi connectivity index (χ1) is 12.6. The maximum absolute atomic E-state index is 13.2. The number of halogens is 1. The van der Waals surface area contributed by atoms with Crippen LogP contribution in [0.1, 0.15) is 16.7 Å². The Balaban J connectivity index is 1.52. The van der Waals surface area contributed by atoms with Gasteiger partial charge in [-0.15, -0.1) is 0 Å². The van der Waals surface area contributed by atoms with Crippen molar-refractivity contribution < 1.29 is 13.9 Å². The van der Waals surface area contributed by atoms with Gasteiger partial charge >= 0.3 is 0 Å². The van der Waals surface area contributed by atoms with Crippen molar-refractivity contribution in [1.29, 1.82) is 0 Å². The molecule has 1 aliphatic rings. The first-order valence-electron chi connectivity index (χ1n) is 8.35. The average molecular weight is 348 g/mol. The van der Waals surface area contributed by atoms with E-state index in [1.807, 2.05) is 24.3 Å². The third-order valence-corrected chi connectivity index (χ3v) is 4.50. The highest BCUT2D eigenvalue weighted by atomic mass is 19.1. The lowest BCUT2D eigenvalue weighted by Crippen LogP contribution is -2.15. The maximum atomic E-state index is 13.2. The van der Waals surface area contributed by atoms with Gasteiger partial charge in [-0.25, -0.2) is 4.39 Å². The highest BCUT2D eigenvalue weighted by Crippen LogP contribution is 2.38. The van der Waals surface area contributed by atoms with Gasteiger partial charge < -0.3 is 10.1 Å². The van der Waals surface area contributed by atoms with Crippen molar-refractivity contribution in [2.75, 3.05) is 5.32 Å². The number of aryl methyl sites for hydroxylation is 1. The van der Waals surface area contributed by atoms with Gasteiger partial charge in [-0.2, -0.15) is 0 Å². The van der Waals surface area contributed by atoms with Crippen LogP contribution in [0.5, 0.6) is 5.75 Å². The Morgan fingerprint density at radius 2 is 2.08 bits per heavy atom. The van der Waals surface area contributed by atoms with E-state index in [1.54, 1.807) is 25.4 Å². The molecule has 2 heterocycles. The van der Waals surface area contributed by atoms with Gasteiger partial charge in [-0.05, 0) is 53.9 Å². The van der Waals surface area contributed by atoms with Gasteiger partial charge in [0.05, 0.1) is 6.42 Å². The summed E-state index contributed by atoms with van der Waals surface area (Å²) in [5, 5.41) is 2.88. The number of amides is 1. The second-order valence-electron chi connectivity index (χ2n) is 6.33. The van der Waals surface area contributed by atoms with E-state index in [2.05, 4.69) is 10.3 Å². The lowest BCUT2D eigenvalue weighted by molar-refractivity contribution is -0.115. The molecule has 0 bridgehead atoms. The SMILES string of the molecule is Cc1cc(F)ccc1CC(=O)Nc1ccc2c(c1)OCc1cnccc1-2. The van der Waals surface area contributed by atoms with Crippen molar-refractivity contribution in [3.8, 4) is 16.9 Å². The van der Waals surface area contributed by atoms with Crippen LogP contribution >= 0.6 is 0 Å². The largest absolute Gasteiger partial charge is 0.488 e. The molecule has 2 aromatic carbocycles. The number of nitrogens with zero attached hydrogens (tertiary/aromatic N) is 1. The second kappa shape index (κ2) is 6.59. The van der Waals surface area contributed by atoms with Gasteiger partial charge in [0.2, 0.25) is 5.91 Å². The maximum Gasteiger partial charge on any atom is 0.228 e. The Bertz CT molecular complexity index is 1000. The van der Waals surface area contributed by atoms with Gasteiger partial charge in [0.25, 0.3) is 0 Å². The number of pyridine rings is 1. The number of rotatable bonds is 3. The molecule has 0 atom stereocenters. The number of carbonyl (C=O) groups excluding carboxylic acids is 1. The number of aromatic nitrogens is 1. The summed E-state index contributed by atoms with van der Waals surface area (Å²) in [7, 11) is 0. The van der Waals surface area contributed by atoms with E-state index in [-0.39, 0.29) is 18.1 Å². The summed E-state index contributed by atoms with van der Waals surface area (Å²) in [6, 6.07) is 12.0. The molecule has 4 rings (SSSR count). The fraction of sp³-hybridized carbons (Fsp3) is 0.143. The number of hydrogen-bond donors (Lipinski definition) is 1. The van der Waals surface area contributed by atoms with Gasteiger partial charge in [0.15, 0.2) is 0 Å². The molecule has 130 valence electrons. The summed E-state index contributed by atoms with van der Waals surface area (Å²) in [5.41, 5.74) is 5.37. The zero-order chi connectivity index (χ0) is 18.1. The lowest BCUT2D eigenvalue weighted by Gasteiger charge is -2.21. The topological polar surface area (TPSA) is 51.2 Å². The van der Waals surface area contributed by atoms with E-state index >= 15 is 0 Å². The molecule has 26 heavy (non-hydrogen) atoms. The average Bonchev–Trinajstić information content (AvgIpc) is 2.64. The van der Waals surface area contributed by atoms with Crippen molar-refractivity contribution in [3.05, 3.63) is 77.4 Å². The number of carbonyl (C=O) groups is 1. The molecule has 0 saturated carbocycles. The van der Waals surface area contributed by atoms with Crippen LogP contribution in [-0.2, 0) is 17.8 Å². The predicted octanol–water partition coefficient (Wildman–Crippen LogP) is 4.27. The van der Waals surface area contributed by atoms with Crippen molar-refractivity contribution >= 4 is 11.6 Å². The summed E-state index contributed by atoms with van der Waals surface area (Å²) in [4.78, 5) is 16.5. The molecule has 0 fully saturated rings. The van der Waals surface area contributed by atoms with Crippen LogP contribution in [0.2, 0.25) is 0 Å². The van der Waals surface area contributed by atoms with E-state index in [9.17, 15) is 9.18 Å². The molecule has 0 unspecified atom stereocenters. The molecule has 0 aliphatic carbocycles. The van der Waals surface area contributed by atoms with Gasteiger partial charge in [-0.1, -0.05) is 6.07 Å². The number of nitrogens with one attached hydrogen (secondary N) is 1. The van der Waals surface area contributed by atoms with Crippen LogP contribution in [-0.4, -0.2) is 10.9 Å². The zero-order valence-corrected chi connectivity index (χ0v) is 14.3. The minimum absolute atomic E-state index is 0.153. The van der Waals surface area contributed by atoms with Crippen molar-refractivity contribution in [1.82, 2.24) is 4.98 Å². The number of fused-ring (bicyclic) bond motifs is 3. The van der Waals surface area contributed by atoms with E-state index in [1.165, 1.54) is 12.1 Å². The lowest BCUT2D eigenvalue weighted by atomic mass is 9.98. The normalized spacial score (nSPS) is 11.9. The second-order valence-corrected chi connectivity index (χ2v) is 6.33. The quantitative estimate of drug-likeness (QED) is 0.769. The van der Waals surface area contributed by atoms with Crippen molar-refractivity contribution in [2.24, 2.45) is 0 Å². The van der Waals surface area contributed by atoms with E-state index < -0.39 is 0 Å². The van der Waals surface area contributed by atoms with E-state index in [4.69, 9.17) is 4.74 Å². The zero-order valence-electron chi connectivity index (χ0n) is 14.3. The summed E-state index contributed by atoms with van der Waals surface area (Å²) in [5.74, 6) is 0.286. The molecule has 1 aromatic heterocycles. The molecule has 1 N–H and O–H groups in total. The fourth-order valence-electron chi connectivity index (χ4n) is 3.14. The van der Waals surface area contributed by atoms with Gasteiger partial charge in [0.1, 0.15) is 18.2 Å². The Hall–Kier alpha value is -3.21. The molecule has 5 heteroatoms. The summed E-state index contributed by atoms with van der Waals surface area (Å²) >= 11 is 0. The molecule has 0 saturated heterocycles. The number of ether oxygens (including phenoxy) is 1. The third kappa shape index (κ3) is 3.16. The summed E-state index contributed by atoms with van der Waals surface area (Å²) < 4.78 is 19.0. The third-order valence-electron chi connectivity index (χ3n) is 4.50. The monoisotopic (exact) mass is 348 g/mol. The molecular formula is C21H17FN2O2. The Labute approximate surface area is 150 Å². The van der Waals surface area contributed by atoms with Crippen LogP contribution in [0.25, 0.3) is 11.1 Å². The van der Waals surface area contributed by atoms with Crippen LogP contribution in [0, 0.1) is 12.7 Å². The van der Waals surface area contributed by atoms with Crippen LogP contribution in [0.15, 0.2) is 54.9 Å². The summed E-state index contributed by atoms with van der Waals surface area (Å²) in [6.07, 6.45) is 3.76. The fourth-order valence-corrected chi connectivity index (χ4v) is 3.14. The molecule has 1 aliphatic heterocycles. The molecular weight excluding hydrogens is 331 g/mol. The highest BCUT2D eigenvalue weighted by molar-refractivity contribution is 5.93. The molecule has 1 amide bonds. The first kappa shape index (κ1) is 16.3.